The molecular weight excluding hydrogens is 245 g/mol. The van der Waals surface area contributed by atoms with Gasteiger partial charge in [-0.15, -0.1) is 0 Å². The van der Waals surface area contributed by atoms with Crippen LogP contribution in [-0.4, -0.2) is 6.54 Å². The number of hydrogen-bond donors (Lipinski definition) is 1. The van der Waals surface area contributed by atoms with E-state index in [1.807, 2.05) is 6.07 Å². The molecule has 3 heteroatoms. The first-order valence-electron chi connectivity index (χ1n) is 6.01. The summed E-state index contributed by atoms with van der Waals surface area (Å²) < 4.78 is 13.1. The van der Waals surface area contributed by atoms with Crippen molar-refractivity contribution in [1.29, 1.82) is 0 Å². The van der Waals surface area contributed by atoms with Gasteiger partial charge < -0.3 is 5.32 Å². The van der Waals surface area contributed by atoms with Gasteiger partial charge >= 0.3 is 0 Å². The number of hydrogen-bond acceptors (Lipinski definition) is 2. The third-order valence-electron chi connectivity index (χ3n) is 2.53. The van der Waals surface area contributed by atoms with Crippen LogP contribution in [0.1, 0.15) is 12.5 Å². The highest BCUT2D eigenvalue weighted by Crippen LogP contribution is 2.27. The van der Waals surface area contributed by atoms with E-state index < -0.39 is 0 Å². The lowest BCUT2D eigenvalue weighted by Crippen LogP contribution is -2.11. The first-order chi connectivity index (χ1) is 8.78. The lowest BCUT2D eigenvalue weighted by molar-refractivity contribution is 0.624. The zero-order valence-corrected chi connectivity index (χ0v) is 11.1. The highest BCUT2D eigenvalue weighted by molar-refractivity contribution is 7.99. The van der Waals surface area contributed by atoms with Crippen molar-refractivity contribution in [3.63, 3.8) is 0 Å². The third-order valence-corrected chi connectivity index (χ3v) is 3.53. The van der Waals surface area contributed by atoms with Gasteiger partial charge in [-0.1, -0.05) is 36.9 Å². The fourth-order valence-corrected chi connectivity index (χ4v) is 2.47. The maximum Gasteiger partial charge on any atom is 0.124 e. The average Bonchev–Trinajstić information content (AvgIpc) is 2.38. The van der Waals surface area contributed by atoms with Crippen LogP contribution < -0.4 is 5.32 Å². The van der Waals surface area contributed by atoms with Gasteiger partial charge in [0.1, 0.15) is 5.82 Å². The molecule has 0 bridgehead atoms. The zero-order valence-electron chi connectivity index (χ0n) is 10.3. The summed E-state index contributed by atoms with van der Waals surface area (Å²) in [6.45, 7) is 3.95. The molecule has 1 N–H and O–H groups in total. The number of nitrogens with one attached hydrogen (secondary N) is 1. The van der Waals surface area contributed by atoms with Crippen molar-refractivity contribution in [1.82, 2.24) is 5.32 Å². The smallest absolute Gasteiger partial charge is 0.124 e. The van der Waals surface area contributed by atoms with E-state index in [2.05, 4.69) is 36.5 Å². The van der Waals surface area contributed by atoms with E-state index in [1.54, 1.807) is 23.9 Å². The quantitative estimate of drug-likeness (QED) is 0.870. The van der Waals surface area contributed by atoms with E-state index >= 15 is 0 Å². The van der Waals surface area contributed by atoms with Crippen LogP contribution in [0.4, 0.5) is 4.39 Å². The second-order valence-electron chi connectivity index (χ2n) is 3.98. The summed E-state index contributed by atoms with van der Waals surface area (Å²) in [6.07, 6.45) is 0. The van der Waals surface area contributed by atoms with Gasteiger partial charge in [0.15, 0.2) is 0 Å². The highest BCUT2D eigenvalue weighted by Gasteiger charge is 1.99. The molecule has 2 aromatic carbocycles. The molecule has 0 amide bonds. The van der Waals surface area contributed by atoms with Gasteiger partial charge in [0, 0.05) is 16.3 Å². The standard InChI is InChI=1S/C15H16FNS/c1-2-17-11-12-6-8-14(9-7-12)18-15-5-3-4-13(16)10-15/h3-10,17H,2,11H2,1H3. The largest absolute Gasteiger partial charge is 0.313 e. The average molecular weight is 261 g/mol. The molecule has 0 aromatic heterocycles. The molecule has 94 valence electrons. The molecule has 2 aromatic rings. The number of benzene rings is 2. The molecule has 1 nitrogen and oxygen atoms in total. The van der Waals surface area contributed by atoms with Gasteiger partial charge in [0.25, 0.3) is 0 Å². The molecule has 0 heterocycles. The molecule has 0 radical (unpaired) electrons. The Morgan fingerprint density at radius 1 is 1.06 bits per heavy atom. The fourth-order valence-electron chi connectivity index (χ4n) is 1.61. The Morgan fingerprint density at radius 3 is 2.50 bits per heavy atom. The van der Waals surface area contributed by atoms with Gasteiger partial charge in [-0.05, 0) is 42.4 Å². The van der Waals surface area contributed by atoms with Crippen molar-refractivity contribution >= 4 is 11.8 Å². The monoisotopic (exact) mass is 261 g/mol. The first kappa shape index (κ1) is 13.1. The molecule has 0 unspecified atom stereocenters. The summed E-state index contributed by atoms with van der Waals surface area (Å²) in [4.78, 5) is 2.05. The number of rotatable bonds is 5. The summed E-state index contributed by atoms with van der Waals surface area (Å²) in [5.41, 5.74) is 1.26. The Morgan fingerprint density at radius 2 is 1.83 bits per heavy atom. The predicted molar refractivity (Wildman–Crippen MR) is 74.3 cm³/mol. The third kappa shape index (κ3) is 3.86. The lowest BCUT2D eigenvalue weighted by Gasteiger charge is -2.05. The second kappa shape index (κ2) is 6.57. The highest BCUT2D eigenvalue weighted by atomic mass is 32.2. The van der Waals surface area contributed by atoms with Crippen molar-refractivity contribution in [3.8, 4) is 0 Å². The van der Waals surface area contributed by atoms with Gasteiger partial charge in [-0.3, -0.25) is 0 Å². The summed E-state index contributed by atoms with van der Waals surface area (Å²) in [6, 6.07) is 15.0. The Hall–Kier alpha value is -1.32. The van der Waals surface area contributed by atoms with E-state index in [0.29, 0.717) is 0 Å². The summed E-state index contributed by atoms with van der Waals surface area (Å²) in [5.74, 6) is -0.191. The van der Waals surface area contributed by atoms with Crippen LogP contribution in [0, 0.1) is 5.82 Å². The molecule has 0 saturated heterocycles. The van der Waals surface area contributed by atoms with Crippen LogP contribution in [0.2, 0.25) is 0 Å². The Bertz CT molecular complexity index is 496. The van der Waals surface area contributed by atoms with E-state index in [-0.39, 0.29) is 5.82 Å². The zero-order chi connectivity index (χ0) is 12.8. The summed E-state index contributed by atoms with van der Waals surface area (Å²) in [7, 11) is 0. The van der Waals surface area contributed by atoms with Crippen LogP contribution >= 0.6 is 11.8 Å². The van der Waals surface area contributed by atoms with E-state index in [9.17, 15) is 4.39 Å². The fraction of sp³-hybridized carbons (Fsp3) is 0.200. The minimum Gasteiger partial charge on any atom is -0.313 e. The van der Waals surface area contributed by atoms with Gasteiger partial charge in [0.2, 0.25) is 0 Å². The molecule has 0 spiro atoms. The van der Waals surface area contributed by atoms with Crippen molar-refractivity contribution < 1.29 is 4.39 Å². The van der Waals surface area contributed by atoms with Gasteiger partial charge in [-0.2, -0.15) is 0 Å². The topological polar surface area (TPSA) is 12.0 Å². The summed E-state index contributed by atoms with van der Waals surface area (Å²) >= 11 is 1.57. The first-order valence-corrected chi connectivity index (χ1v) is 6.82. The maximum atomic E-state index is 13.1. The van der Waals surface area contributed by atoms with Crippen molar-refractivity contribution in [2.75, 3.05) is 6.54 Å². The molecule has 0 saturated carbocycles. The van der Waals surface area contributed by atoms with Crippen molar-refractivity contribution in [2.45, 2.75) is 23.3 Å². The van der Waals surface area contributed by atoms with Gasteiger partial charge in [-0.25, -0.2) is 4.39 Å². The van der Waals surface area contributed by atoms with Crippen LogP contribution in [0.5, 0.6) is 0 Å². The number of halogens is 1. The molecule has 0 aliphatic carbocycles. The molecule has 0 aliphatic heterocycles. The van der Waals surface area contributed by atoms with Crippen molar-refractivity contribution in [2.24, 2.45) is 0 Å². The van der Waals surface area contributed by atoms with Crippen LogP contribution in [0.25, 0.3) is 0 Å². The molecule has 0 fully saturated rings. The molecule has 2 rings (SSSR count). The SMILES string of the molecule is CCNCc1ccc(Sc2cccc(F)c2)cc1. The molecule has 0 atom stereocenters. The van der Waals surface area contributed by atoms with E-state index in [0.717, 1.165) is 22.9 Å². The molecular formula is C15H16FNS. The Kier molecular flexibility index (Phi) is 4.79. The Balaban J connectivity index is 2.02. The summed E-state index contributed by atoms with van der Waals surface area (Å²) in [5, 5.41) is 3.28. The van der Waals surface area contributed by atoms with Gasteiger partial charge in [0.05, 0.1) is 0 Å². The van der Waals surface area contributed by atoms with Crippen LogP contribution in [0.15, 0.2) is 58.3 Å². The van der Waals surface area contributed by atoms with E-state index in [1.165, 1.54) is 11.6 Å². The van der Waals surface area contributed by atoms with Crippen LogP contribution in [-0.2, 0) is 6.54 Å². The normalized spacial score (nSPS) is 10.6. The molecule has 18 heavy (non-hydrogen) atoms. The second-order valence-corrected chi connectivity index (χ2v) is 5.13. The lowest BCUT2D eigenvalue weighted by atomic mass is 10.2. The molecule has 0 aliphatic rings. The minimum absolute atomic E-state index is 0.191. The Labute approximate surface area is 111 Å². The maximum absolute atomic E-state index is 13.1. The van der Waals surface area contributed by atoms with E-state index in [4.69, 9.17) is 0 Å². The minimum atomic E-state index is -0.191. The van der Waals surface area contributed by atoms with Crippen LogP contribution in [0.3, 0.4) is 0 Å². The predicted octanol–water partition coefficient (Wildman–Crippen LogP) is 4.09. The van der Waals surface area contributed by atoms with Crippen molar-refractivity contribution in [3.05, 3.63) is 59.9 Å².